The molecule has 0 aliphatic heterocycles. The number of aryl methyl sites for hydroxylation is 2. The van der Waals surface area contributed by atoms with Crippen LogP contribution in [0.5, 0.6) is 0 Å². The topological polar surface area (TPSA) is 71.8 Å². The first kappa shape index (κ1) is 21.5. The molecule has 0 bridgehead atoms. The Labute approximate surface area is 188 Å². The van der Waals surface area contributed by atoms with E-state index in [9.17, 15) is 4.79 Å². The zero-order chi connectivity index (χ0) is 22.5. The molecule has 32 heavy (non-hydrogen) atoms. The van der Waals surface area contributed by atoms with Crippen LogP contribution < -0.4 is 10.6 Å². The van der Waals surface area contributed by atoms with E-state index in [1.54, 1.807) is 11.0 Å². The summed E-state index contributed by atoms with van der Waals surface area (Å²) in [4.78, 5) is 17.4. The van der Waals surface area contributed by atoms with E-state index in [1.165, 1.54) is 6.33 Å². The standard InChI is InChI=1S/C26H27N5O/c1-18-9-10-19(2)24(15-18)30-26(32)25(22-7-5-4-6-8-22)29-20(3)21-11-13-23(14-12-21)31-17-27-16-28-31/h4-17,20,25,29H,1-3H3,(H,30,32). The number of nitrogens with zero attached hydrogens (tertiary/aromatic N) is 3. The van der Waals surface area contributed by atoms with Crippen molar-refractivity contribution in [1.29, 1.82) is 0 Å². The number of nitrogens with one attached hydrogen (secondary N) is 2. The number of hydrogen-bond acceptors (Lipinski definition) is 4. The third kappa shape index (κ3) is 4.92. The van der Waals surface area contributed by atoms with Crippen LogP contribution in [0.25, 0.3) is 5.69 Å². The van der Waals surface area contributed by atoms with E-state index in [0.29, 0.717) is 0 Å². The largest absolute Gasteiger partial charge is 0.324 e. The fourth-order valence-corrected chi connectivity index (χ4v) is 3.65. The van der Waals surface area contributed by atoms with Crippen molar-refractivity contribution in [1.82, 2.24) is 20.1 Å². The molecule has 4 aromatic rings. The van der Waals surface area contributed by atoms with Gasteiger partial charge < -0.3 is 5.32 Å². The minimum absolute atomic E-state index is 0.0469. The summed E-state index contributed by atoms with van der Waals surface area (Å²) in [5.74, 6) is -0.0871. The van der Waals surface area contributed by atoms with E-state index < -0.39 is 6.04 Å². The lowest BCUT2D eigenvalue weighted by Crippen LogP contribution is -2.34. The van der Waals surface area contributed by atoms with Crippen molar-refractivity contribution in [2.75, 3.05) is 5.32 Å². The molecule has 6 heteroatoms. The predicted molar refractivity (Wildman–Crippen MR) is 127 cm³/mol. The molecule has 0 saturated heterocycles. The van der Waals surface area contributed by atoms with Gasteiger partial charge in [0, 0.05) is 11.7 Å². The van der Waals surface area contributed by atoms with Crippen molar-refractivity contribution >= 4 is 11.6 Å². The summed E-state index contributed by atoms with van der Waals surface area (Å²) in [5, 5.41) is 10.8. The first-order chi connectivity index (χ1) is 15.5. The molecule has 2 atom stereocenters. The molecule has 0 aliphatic rings. The Balaban J connectivity index is 1.55. The second kappa shape index (κ2) is 9.58. The molecule has 162 valence electrons. The minimum Gasteiger partial charge on any atom is -0.324 e. The first-order valence-corrected chi connectivity index (χ1v) is 10.7. The highest BCUT2D eigenvalue weighted by Gasteiger charge is 2.23. The molecule has 0 aliphatic carbocycles. The maximum atomic E-state index is 13.4. The number of amides is 1. The van der Waals surface area contributed by atoms with E-state index in [2.05, 4.69) is 27.6 Å². The second-order valence-corrected chi connectivity index (χ2v) is 7.97. The molecular formula is C26H27N5O. The lowest BCUT2D eigenvalue weighted by Gasteiger charge is -2.24. The molecular weight excluding hydrogens is 398 g/mol. The third-order valence-corrected chi connectivity index (χ3v) is 5.54. The molecule has 0 radical (unpaired) electrons. The lowest BCUT2D eigenvalue weighted by molar-refractivity contribution is -0.118. The highest BCUT2D eigenvalue weighted by Crippen LogP contribution is 2.24. The molecule has 1 heterocycles. The van der Waals surface area contributed by atoms with Gasteiger partial charge in [0.25, 0.3) is 0 Å². The Bertz CT molecular complexity index is 1170. The summed E-state index contributed by atoms with van der Waals surface area (Å²) < 4.78 is 1.71. The molecule has 1 amide bonds. The van der Waals surface area contributed by atoms with Crippen molar-refractivity contribution in [3.8, 4) is 5.69 Å². The summed E-state index contributed by atoms with van der Waals surface area (Å²) in [6.07, 6.45) is 3.18. The van der Waals surface area contributed by atoms with Crippen LogP contribution in [-0.4, -0.2) is 20.7 Å². The Hall–Kier alpha value is -3.77. The summed E-state index contributed by atoms with van der Waals surface area (Å²) in [7, 11) is 0. The van der Waals surface area contributed by atoms with Gasteiger partial charge in [-0.1, -0.05) is 54.6 Å². The van der Waals surface area contributed by atoms with Crippen molar-refractivity contribution in [2.24, 2.45) is 0 Å². The van der Waals surface area contributed by atoms with Crippen LogP contribution in [0.4, 0.5) is 5.69 Å². The molecule has 2 N–H and O–H groups in total. The summed E-state index contributed by atoms with van der Waals surface area (Å²) in [5.41, 5.74) is 5.91. The number of aromatic nitrogens is 3. The summed E-state index contributed by atoms with van der Waals surface area (Å²) >= 11 is 0. The highest BCUT2D eigenvalue weighted by atomic mass is 16.2. The van der Waals surface area contributed by atoms with E-state index in [4.69, 9.17) is 0 Å². The predicted octanol–water partition coefficient (Wildman–Crippen LogP) is 4.91. The monoisotopic (exact) mass is 425 g/mol. The Kier molecular flexibility index (Phi) is 6.42. The van der Waals surface area contributed by atoms with E-state index >= 15 is 0 Å². The van der Waals surface area contributed by atoms with Crippen molar-refractivity contribution in [3.63, 3.8) is 0 Å². The van der Waals surface area contributed by atoms with Gasteiger partial charge in [-0.2, -0.15) is 5.10 Å². The average Bonchev–Trinajstić information content (AvgIpc) is 3.35. The van der Waals surface area contributed by atoms with Crippen LogP contribution in [0.15, 0.2) is 85.5 Å². The fourth-order valence-electron chi connectivity index (χ4n) is 3.65. The van der Waals surface area contributed by atoms with Gasteiger partial charge in [-0.15, -0.1) is 0 Å². The number of carbonyl (C=O) groups excluding carboxylic acids is 1. The first-order valence-electron chi connectivity index (χ1n) is 10.7. The van der Waals surface area contributed by atoms with Gasteiger partial charge in [0.05, 0.1) is 5.69 Å². The molecule has 4 rings (SSSR count). The van der Waals surface area contributed by atoms with Crippen LogP contribution >= 0.6 is 0 Å². The number of carbonyl (C=O) groups is 1. The van der Waals surface area contributed by atoms with Gasteiger partial charge in [-0.3, -0.25) is 10.1 Å². The van der Waals surface area contributed by atoms with E-state index in [0.717, 1.165) is 33.6 Å². The molecule has 2 unspecified atom stereocenters. The van der Waals surface area contributed by atoms with Crippen LogP contribution in [-0.2, 0) is 4.79 Å². The Morgan fingerprint density at radius 1 is 0.938 bits per heavy atom. The van der Waals surface area contributed by atoms with Crippen molar-refractivity contribution in [2.45, 2.75) is 32.9 Å². The summed E-state index contributed by atoms with van der Waals surface area (Å²) in [6, 6.07) is 23.4. The maximum absolute atomic E-state index is 13.4. The Morgan fingerprint density at radius 2 is 1.69 bits per heavy atom. The average molecular weight is 426 g/mol. The quantitative estimate of drug-likeness (QED) is 0.441. The lowest BCUT2D eigenvalue weighted by atomic mass is 10.0. The van der Waals surface area contributed by atoms with Crippen LogP contribution in [0.3, 0.4) is 0 Å². The SMILES string of the molecule is Cc1ccc(C)c(NC(=O)C(NC(C)c2ccc(-n3cncn3)cc2)c2ccccc2)c1. The van der Waals surface area contributed by atoms with Gasteiger partial charge in [0.1, 0.15) is 18.7 Å². The van der Waals surface area contributed by atoms with Crippen molar-refractivity contribution in [3.05, 3.63) is 108 Å². The van der Waals surface area contributed by atoms with Gasteiger partial charge in [0.15, 0.2) is 0 Å². The van der Waals surface area contributed by atoms with Crippen molar-refractivity contribution < 1.29 is 4.79 Å². The number of benzene rings is 3. The third-order valence-electron chi connectivity index (χ3n) is 5.54. The van der Waals surface area contributed by atoms with Gasteiger partial charge in [0.2, 0.25) is 5.91 Å². The smallest absolute Gasteiger partial charge is 0.246 e. The zero-order valence-corrected chi connectivity index (χ0v) is 18.5. The second-order valence-electron chi connectivity index (χ2n) is 7.97. The minimum atomic E-state index is -0.499. The summed E-state index contributed by atoms with van der Waals surface area (Å²) in [6.45, 7) is 6.08. The fraction of sp³-hybridized carbons (Fsp3) is 0.192. The molecule has 6 nitrogen and oxygen atoms in total. The van der Waals surface area contributed by atoms with Gasteiger partial charge in [-0.05, 0) is 61.2 Å². The maximum Gasteiger partial charge on any atom is 0.246 e. The van der Waals surface area contributed by atoms with Crippen LogP contribution in [0.1, 0.15) is 41.3 Å². The molecule has 0 spiro atoms. The van der Waals surface area contributed by atoms with E-state index in [1.807, 2.05) is 86.6 Å². The molecule has 1 aromatic heterocycles. The normalized spacial score (nSPS) is 12.8. The number of rotatable bonds is 7. The zero-order valence-electron chi connectivity index (χ0n) is 18.5. The number of hydrogen-bond donors (Lipinski definition) is 2. The molecule has 0 fully saturated rings. The number of anilines is 1. The molecule has 3 aromatic carbocycles. The van der Waals surface area contributed by atoms with Gasteiger partial charge in [-0.25, -0.2) is 9.67 Å². The van der Waals surface area contributed by atoms with Crippen LogP contribution in [0.2, 0.25) is 0 Å². The van der Waals surface area contributed by atoms with Gasteiger partial charge >= 0.3 is 0 Å². The molecule has 0 saturated carbocycles. The highest BCUT2D eigenvalue weighted by molar-refractivity contribution is 5.96. The Morgan fingerprint density at radius 3 is 2.38 bits per heavy atom. The van der Waals surface area contributed by atoms with E-state index in [-0.39, 0.29) is 11.9 Å². The van der Waals surface area contributed by atoms with Crippen LogP contribution in [0, 0.1) is 13.8 Å².